The molecular weight excluding hydrogens is 312 g/mol. The molecule has 128 valence electrons. The van der Waals surface area contributed by atoms with Gasteiger partial charge in [0.05, 0.1) is 6.04 Å². The zero-order chi connectivity index (χ0) is 17.6. The van der Waals surface area contributed by atoms with Gasteiger partial charge in [0.15, 0.2) is 0 Å². The Hall–Kier alpha value is -3.15. The molecule has 0 aliphatic rings. The lowest BCUT2D eigenvalue weighted by Gasteiger charge is -2.30. The first-order valence-electron chi connectivity index (χ1n) is 8.26. The van der Waals surface area contributed by atoms with Crippen LogP contribution in [0.3, 0.4) is 0 Å². The van der Waals surface area contributed by atoms with Crippen LogP contribution in [0.15, 0.2) is 60.7 Å². The van der Waals surface area contributed by atoms with Gasteiger partial charge in [-0.15, -0.1) is 0 Å². The summed E-state index contributed by atoms with van der Waals surface area (Å²) in [5.74, 6) is 0.761. The van der Waals surface area contributed by atoms with Crippen molar-refractivity contribution in [3.8, 4) is 0 Å². The van der Waals surface area contributed by atoms with E-state index in [0.717, 1.165) is 13.0 Å². The lowest BCUT2D eigenvalue weighted by atomic mass is 10.1. The molecule has 1 heterocycles. The van der Waals surface area contributed by atoms with Gasteiger partial charge in [-0.05, 0) is 24.5 Å². The first-order chi connectivity index (χ1) is 12.1. The summed E-state index contributed by atoms with van der Waals surface area (Å²) in [6.07, 6.45) is 0.865. The summed E-state index contributed by atoms with van der Waals surface area (Å²) in [4.78, 5) is 14.6. The molecule has 1 aromatic heterocycles. The molecular formula is C19H22N6. The Morgan fingerprint density at radius 1 is 0.840 bits per heavy atom. The molecule has 1 atom stereocenters. The lowest BCUT2D eigenvalue weighted by molar-refractivity contribution is 0.646. The number of anilines is 3. The van der Waals surface area contributed by atoms with Crippen LogP contribution < -0.4 is 16.4 Å². The molecule has 6 heteroatoms. The Bertz CT molecular complexity index is 786. The highest BCUT2D eigenvalue weighted by atomic mass is 15.3. The van der Waals surface area contributed by atoms with Crippen LogP contribution in [0.1, 0.15) is 24.1 Å². The zero-order valence-corrected chi connectivity index (χ0v) is 14.2. The fraction of sp³-hybridized carbons (Fsp3) is 0.211. The first kappa shape index (κ1) is 16.7. The van der Waals surface area contributed by atoms with Gasteiger partial charge < -0.3 is 16.4 Å². The molecule has 0 unspecified atom stereocenters. The third kappa shape index (κ3) is 4.23. The van der Waals surface area contributed by atoms with Gasteiger partial charge in [-0.3, -0.25) is 0 Å². The maximum Gasteiger partial charge on any atom is 0.232 e. The van der Waals surface area contributed by atoms with Crippen LogP contribution in [-0.4, -0.2) is 21.5 Å². The Morgan fingerprint density at radius 2 is 1.40 bits per heavy atom. The Labute approximate surface area is 147 Å². The van der Waals surface area contributed by atoms with Gasteiger partial charge in [-0.25, -0.2) is 0 Å². The molecule has 0 saturated heterocycles. The fourth-order valence-electron chi connectivity index (χ4n) is 2.80. The van der Waals surface area contributed by atoms with Gasteiger partial charge in [0.25, 0.3) is 0 Å². The van der Waals surface area contributed by atoms with E-state index in [0.29, 0.717) is 5.95 Å². The van der Waals surface area contributed by atoms with E-state index in [1.54, 1.807) is 0 Å². The average Bonchev–Trinajstić information content (AvgIpc) is 2.62. The van der Waals surface area contributed by atoms with E-state index in [4.69, 9.17) is 11.5 Å². The maximum atomic E-state index is 5.77. The molecule has 0 aliphatic heterocycles. The van der Waals surface area contributed by atoms with Crippen LogP contribution in [0.25, 0.3) is 0 Å². The molecule has 25 heavy (non-hydrogen) atoms. The molecule has 4 N–H and O–H groups in total. The summed E-state index contributed by atoms with van der Waals surface area (Å²) in [6, 6.07) is 20.6. The van der Waals surface area contributed by atoms with Crippen LogP contribution in [-0.2, 0) is 6.42 Å². The summed E-state index contributed by atoms with van der Waals surface area (Å²) in [5.41, 5.74) is 14.0. The summed E-state index contributed by atoms with van der Waals surface area (Å²) in [5, 5.41) is 0. The van der Waals surface area contributed by atoms with E-state index < -0.39 is 0 Å². The van der Waals surface area contributed by atoms with E-state index in [2.05, 4.69) is 51.0 Å². The fourth-order valence-corrected chi connectivity index (χ4v) is 2.80. The molecule has 0 fully saturated rings. The van der Waals surface area contributed by atoms with Crippen molar-refractivity contribution < 1.29 is 0 Å². The molecule has 0 radical (unpaired) electrons. The van der Waals surface area contributed by atoms with Crippen LogP contribution in [0.2, 0.25) is 0 Å². The highest BCUT2D eigenvalue weighted by Crippen LogP contribution is 2.25. The number of rotatable bonds is 6. The monoisotopic (exact) mass is 334 g/mol. The summed E-state index contributed by atoms with van der Waals surface area (Å²) < 4.78 is 0. The molecule has 2 aromatic carbocycles. The molecule has 0 saturated carbocycles. The van der Waals surface area contributed by atoms with Crippen LogP contribution in [0, 0.1) is 0 Å². The minimum atomic E-state index is 0.0751. The van der Waals surface area contributed by atoms with Crippen molar-refractivity contribution in [3.05, 3.63) is 71.8 Å². The van der Waals surface area contributed by atoms with E-state index in [-0.39, 0.29) is 17.9 Å². The maximum absolute atomic E-state index is 5.77. The molecule has 3 aromatic rings. The van der Waals surface area contributed by atoms with Crippen molar-refractivity contribution in [3.63, 3.8) is 0 Å². The predicted octanol–water partition coefficient (Wildman–Crippen LogP) is 2.85. The van der Waals surface area contributed by atoms with Gasteiger partial charge in [-0.1, -0.05) is 60.7 Å². The minimum absolute atomic E-state index is 0.0751. The van der Waals surface area contributed by atoms with E-state index in [9.17, 15) is 0 Å². The predicted molar refractivity (Wildman–Crippen MR) is 101 cm³/mol. The largest absolute Gasteiger partial charge is 0.368 e. The minimum Gasteiger partial charge on any atom is -0.368 e. The van der Waals surface area contributed by atoms with Crippen molar-refractivity contribution in [2.24, 2.45) is 0 Å². The van der Waals surface area contributed by atoms with Crippen LogP contribution >= 0.6 is 0 Å². The number of nitrogen functional groups attached to an aromatic ring is 2. The van der Waals surface area contributed by atoms with Gasteiger partial charge in [0, 0.05) is 6.54 Å². The summed E-state index contributed by atoms with van der Waals surface area (Å²) in [6.45, 7) is 2.86. The summed E-state index contributed by atoms with van der Waals surface area (Å²) >= 11 is 0. The smallest absolute Gasteiger partial charge is 0.232 e. The van der Waals surface area contributed by atoms with Crippen molar-refractivity contribution in [1.29, 1.82) is 0 Å². The standard InChI is InChI=1S/C19H22N6/c1-14(16-10-6-3-7-11-16)25(13-12-15-8-4-2-5-9-15)19-23-17(20)22-18(21)24-19/h2-11,14H,12-13H2,1H3,(H4,20,21,22,23,24)/t14-/m0/s1. The second-order valence-corrected chi connectivity index (χ2v) is 5.87. The second-order valence-electron chi connectivity index (χ2n) is 5.87. The van der Waals surface area contributed by atoms with Gasteiger partial charge in [0.2, 0.25) is 17.8 Å². The number of nitrogens with two attached hydrogens (primary N) is 2. The number of hydrogen-bond acceptors (Lipinski definition) is 6. The van der Waals surface area contributed by atoms with Gasteiger partial charge in [-0.2, -0.15) is 15.0 Å². The van der Waals surface area contributed by atoms with Crippen LogP contribution in [0.5, 0.6) is 0 Å². The quantitative estimate of drug-likeness (QED) is 0.720. The number of hydrogen-bond donors (Lipinski definition) is 2. The van der Waals surface area contributed by atoms with E-state index in [1.165, 1.54) is 11.1 Å². The average molecular weight is 334 g/mol. The third-order valence-electron chi connectivity index (χ3n) is 4.15. The van der Waals surface area contributed by atoms with Crippen molar-refractivity contribution in [1.82, 2.24) is 15.0 Å². The highest BCUT2D eigenvalue weighted by molar-refractivity contribution is 5.42. The van der Waals surface area contributed by atoms with Crippen molar-refractivity contribution >= 4 is 17.8 Å². The van der Waals surface area contributed by atoms with Crippen molar-refractivity contribution in [2.75, 3.05) is 22.9 Å². The van der Waals surface area contributed by atoms with Gasteiger partial charge >= 0.3 is 0 Å². The zero-order valence-electron chi connectivity index (χ0n) is 14.2. The van der Waals surface area contributed by atoms with Gasteiger partial charge in [0.1, 0.15) is 0 Å². The molecule has 0 amide bonds. The molecule has 3 rings (SSSR count). The van der Waals surface area contributed by atoms with Crippen LogP contribution in [0.4, 0.5) is 17.8 Å². The molecule has 6 nitrogen and oxygen atoms in total. The molecule has 0 aliphatic carbocycles. The van der Waals surface area contributed by atoms with E-state index >= 15 is 0 Å². The number of aromatic nitrogens is 3. The molecule has 0 bridgehead atoms. The highest BCUT2D eigenvalue weighted by Gasteiger charge is 2.20. The Morgan fingerprint density at radius 3 is 2.00 bits per heavy atom. The lowest BCUT2D eigenvalue weighted by Crippen LogP contribution is -2.31. The Balaban J connectivity index is 1.90. The number of benzene rings is 2. The SMILES string of the molecule is C[C@@H](c1ccccc1)N(CCc1ccccc1)c1nc(N)nc(N)n1. The number of nitrogens with zero attached hydrogens (tertiary/aromatic N) is 4. The van der Waals surface area contributed by atoms with Crippen molar-refractivity contribution in [2.45, 2.75) is 19.4 Å². The third-order valence-corrected chi connectivity index (χ3v) is 4.15. The topological polar surface area (TPSA) is 94.0 Å². The Kier molecular flexibility index (Phi) is 5.09. The summed E-state index contributed by atoms with van der Waals surface area (Å²) in [7, 11) is 0. The van der Waals surface area contributed by atoms with E-state index in [1.807, 2.05) is 36.4 Å². The second kappa shape index (κ2) is 7.61. The first-order valence-corrected chi connectivity index (χ1v) is 8.26. The molecule has 0 spiro atoms. The normalized spacial score (nSPS) is 11.9.